The molecule has 2 heteroatoms. The molecule has 2 aromatic heterocycles. The van der Waals surface area contributed by atoms with Gasteiger partial charge in [-0.1, -0.05) is 121 Å². The van der Waals surface area contributed by atoms with E-state index in [-0.39, 0.29) is 0 Å². The molecule has 0 fully saturated rings. The van der Waals surface area contributed by atoms with Crippen molar-refractivity contribution < 1.29 is 0 Å². The van der Waals surface area contributed by atoms with Gasteiger partial charge in [0, 0.05) is 38.8 Å². The molecule has 0 unspecified atom stereocenters. The van der Waals surface area contributed by atoms with Crippen molar-refractivity contribution in [2.75, 3.05) is 0 Å². The van der Waals surface area contributed by atoms with E-state index in [0.29, 0.717) is 0 Å². The molecule has 2 heterocycles. The SMILES string of the molecule is C1=Cc2c(n(-c3cccc(-c4ccccc4)c3)c3c2c(-c2ccccc2)cc2c4ccccc4n(-c4ccccc4)c23)CC1. The molecule has 0 amide bonds. The Hall–Kier alpha value is -5.60. The van der Waals surface area contributed by atoms with Crippen LogP contribution in [0.25, 0.3) is 72.4 Å². The molecule has 0 bridgehead atoms. The third kappa shape index (κ3) is 3.74. The Kier molecular flexibility index (Phi) is 5.67. The zero-order valence-electron chi connectivity index (χ0n) is 24.3. The Morgan fingerprint density at radius 1 is 0.477 bits per heavy atom. The molecule has 0 N–H and O–H groups in total. The predicted molar refractivity (Wildman–Crippen MR) is 186 cm³/mol. The van der Waals surface area contributed by atoms with E-state index in [9.17, 15) is 0 Å². The minimum atomic E-state index is 0.997. The topological polar surface area (TPSA) is 9.86 Å². The van der Waals surface area contributed by atoms with Gasteiger partial charge in [-0.05, 0) is 71.5 Å². The minimum Gasteiger partial charge on any atom is -0.311 e. The molecule has 0 aliphatic heterocycles. The van der Waals surface area contributed by atoms with Gasteiger partial charge in [0.05, 0.1) is 16.6 Å². The van der Waals surface area contributed by atoms with Crippen molar-refractivity contribution in [3.8, 4) is 33.6 Å². The van der Waals surface area contributed by atoms with Gasteiger partial charge in [-0.2, -0.15) is 0 Å². The standard InChI is InChI=1S/C42H30N2/c1-4-15-29(16-5-1)31-19-14-22-33(27-31)44-39-26-13-11-24-35(39)40-36(30-17-6-2-7-18-30)28-37-34-23-10-12-25-38(34)43(41(37)42(40)44)32-20-8-3-9-21-32/h1-12,14-25,27-28H,13,26H2. The number of hydrogen-bond donors (Lipinski definition) is 0. The van der Waals surface area contributed by atoms with E-state index in [0.717, 1.165) is 12.8 Å². The zero-order valence-corrected chi connectivity index (χ0v) is 24.3. The Morgan fingerprint density at radius 3 is 1.93 bits per heavy atom. The van der Waals surface area contributed by atoms with Gasteiger partial charge in [0.2, 0.25) is 0 Å². The van der Waals surface area contributed by atoms with Crippen molar-refractivity contribution in [1.82, 2.24) is 9.13 Å². The fraction of sp³-hybridized carbons (Fsp3) is 0.0476. The van der Waals surface area contributed by atoms with E-state index in [1.165, 1.54) is 77.6 Å². The molecule has 9 rings (SSSR count). The van der Waals surface area contributed by atoms with Crippen LogP contribution in [-0.2, 0) is 6.42 Å². The van der Waals surface area contributed by atoms with Crippen molar-refractivity contribution in [2.45, 2.75) is 12.8 Å². The molecule has 0 atom stereocenters. The summed E-state index contributed by atoms with van der Waals surface area (Å²) in [6.45, 7) is 0. The van der Waals surface area contributed by atoms with Gasteiger partial charge in [0.1, 0.15) is 0 Å². The molecule has 0 saturated carbocycles. The van der Waals surface area contributed by atoms with Crippen LogP contribution in [0.1, 0.15) is 17.7 Å². The van der Waals surface area contributed by atoms with Crippen molar-refractivity contribution in [2.24, 2.45) is 0 Å². The van der Waals surface area contributed by atoms with Crippen molar-refractivity contribution in [3.63, 3.8) is 0 Å². The maximum atomic E-state index is 2.58. The van der Waals surface area contributed by atoms with Crippen LogP contribution in [0.15, 0.2) is 152 Å². The average Bonchev–Trinajstić information content (AvgIpc) is 3.63. The molecule has 0 spiro atoms. The zero-order chi connectivity index (χ0) is 29.0. The average molecular weight is 563 g/mol. The van der Waals surface area contributed by atoms with Crippen LogP contribution in [0, 0.1) is 0 Å². The van der Waals surface area contributed by atoms with E-state index in [2.05, 4.69) is 167 Å². The molecule has 8 aromatic rings. The predicted octanol–water partition coefficient (Wildman–Crippen LogP) is 11.0. The van der Waals surface area contributed by atoms with Gasteiger partial charge in [-0.15, -0.1) is 0 Å². The van der Waals surface area contributed by atoms with Crippen LogP contribution in [0.2, 0.25) is 0 Å². The summed E-state index contributed by atoms with van der Waals surface area (Å²) < 4.78 is 5.06. The van der Waals surface area contributed by atoms with Crippen LogP contribution in [-0.4, -0.2) is 9.13 Å². The fourth-order valence-corrected chi connectivity index (χ4v) is 7.27. The first-order valence-corrected chi connectivity index (χ1v) is 15.4. The summed E-state index contributed by atoms with van der Waals surface area (Å²) in [7, 11) is 0. The van der Waals surface area contributed by atoms with E-state index in [4.69, 9.17) is 0 Å². The van der Waals surface area contributed by atoms with Gasteiger partial charge in [-0.3, -0.25) is 0 Å². The monoisotopic (exact) mass is 562 g/mol. The number of rotatable bonds is 4. The second kappa shape index (κ2) is 10.00. The molecule has 2 nitrogen and oxygen atoms in total. The van der Waals surface area contributed by atoms with Gasteiger partial charge >= 0.3 is 0 Å². The Bertz CT molecular complexity index is 2350. The van der Waals surface area contributed by atoms with Crippen LogP contribution in [0.3, 0.4) is 0 Å². The molecule has 208 valence electrons. The molecule has 44 heavy (non-hydrogen) atoms. The van der Waals surface area contributed by atoms with Gasteiger partial charge in [0.15, 0.2) is 0 Å². The van der Waals surface area contributed by atoms with Gasteiger partial charge in [-0.25, -0.2) is 0 Å². The maximum absolute atomic E-state index is 2.58. The summed E-state index contributed by atoms with van der Waals surface area (Å²) in [6, 6.07) is 52.9. The third-order valence-corrected chi connectivity index (χ3v) is 9.15. The quantitative estimate of drug-likeness (QED) is 0.202. The van der Waals surface area contributed by atoms with Crippen LogP contribution < -0.4 is 0 Å². The number of fused-ring (bicyclic) bond motifs is 7. The fourth-order valence-electron chi connectivity index (χ4n) is 7.27. The largest absolute Gasteiger partial charge is 0.311 e. The van der Waals surface area contributed by atoms with Gasteiger partial charge in [0.25, 0.3) is 0 Å². The summed E-state index contributed by atoms with van der Waals surface area (Å²) in [5, 5.41) is 3.86. The maximum Gasteiger partial charge on any atom is 0.0792 e. The first kappa shape index (κ1) is 24.9. The molecule has 1 aliphatic rings. The van der Waals surface area contributed by atoms with Crippen LogP contribution in [0.5, 0.6) is 0 Å². The number of aromatic nitrogens is 2. The molecule has 0 saturated heterocycles. The smallest absolute Gasteiger partial charge is 0.0792 e. The lowest BCUT2D eigenvalue weighted by atomic mass is 9.94. The van der Waals surface area contributed by atoms with E-state index in [1.54, 1.807) is 0 Å². The second-order valence-corrected chi connectivity index (χ2v) is 11.7. The number of nitrogens with zero attached hydrogens (tertiary/aromatic N) is 2. The Balaban J connectivity index is 1.51. The molecule has 0 radical (unpaired) electrons. The summed E-state index contributed by atoms with van der Waals surface area (Å²) in [5.74, 6) is 0. The highest BCUT2D eigenvalue weighted by atomic mass is 15.1. The summed E-state index contributed by atoms with van der Waals surface area (Å²) in [4.78, 5) is 0. The van der Waals surface area contributed by atoms with Crippen molar-refractivity contribution in [3.05, 3.63) is 163 Å². The summed E-state index contributed by atoms with van der Waals surface area (Å²) in [5.41, 5.74) is 13.8. The third-order valence-electron chi connectivity index (χ3n) is 9.15. The first-order valence-electron chi connectivity index (χ1n) is 15.4. The molecular formula is C42H30N2. The Labute approximate surface area is 256 Å². The summed E-state index contributed by atoms with van der Waals surface area (Å²) >= 11 is 0. The normalized spacial score (nSPS) is 12.7. The highest BCUT2D eigenvalue weighted by Gasteiger charge is 2.27. The van der Waals surface area contributed by atoms with Crippen LogP contribution in [0.4, 0.5) is 0 Å². The summed E-state index contributed by atoms with van der Waals surface area (Å²) in [6.07, 6.45) is 6.75. The highest BCUT2D eigenvalue weighted by molar-refractivity contribution is 6.23. The van der Waals surface area contributed by atoms with Crippen molar-refractivity contribution in [1.29, 1.82) is 0 Å². The lowest BCUT2D eigenvalue weighted by Gasteiger charge is -2.16. The Morgan fingerprint density at radius 2 is 1.14 bits per heavy atom. The van der Waals surface area contributed by atoms with E-state index < -0.39 is 0 Å². The van der Waals surface area contributed by atoms with E-state index >= 15 is 0 Å². The van der Waals surface area contributed by atoms with Gasteiger partial charge < -0.3 is 9.13 Å². The lowest BCUT2D eigenvalue weighted by Crippen LogP contribution is -2.04. The number of allylic oxidation sites excluding steroid dienone is 1. The number of hydrogen-bond acceptors (Lipinski definition) is 0. The number of benzene rings is 6. The molecule has 6 aromatic carbocycles. The molecule has 1 aliphatic carbocycles. The van der Waals surface area contributed by atoms with E-state index in [1.807, 2.05) is 0 Å². The van der Waals surface area contributed by atoms with Crippen LogP contribution >= 0.6 is 0 Å². The second-order valence-electron chi connectivity index (χ2n) is 11.7. The first-order chi connectivity index (χ1) is 21.9. The highest BCUT2D eigenvalue weighted by Crippen LogP contribution is 2.46. The minimum absolute atomic E-state index is 0.997. The molecular weight excluding hydrogens is 532 g/mol. The van der Waals surface area contributed by atoms with Crippen molar-refractivity contribution >= 4 is 38.8 Å². The number of para-hydroxylation sites is 2. The lowest BCUT2D eigenvalue weighted by molar-refractivity contribution is 0.889.